The van der Waals surface area contributed by atoms with Crippen LogP contribution in [0.4, 0.5) is 0 Å². The number of carboxylic acids is 1. The Bertz CT molecular complexity index is 330. The fourth-order valence-electron chi connectivity index (χ4n) is 2.03. The number of quaternary nitrogens is 1. The molecule has 5 nitrogen and oxygen atoms in total. The molecule has 0 amide bonds. The average Bonchev–Trinajstić information content (AvgIpc) is 2.12. The molecule has 2 N–H and O–H groups in total. The first-order valence-corrected chi connectivity index (χ1v) is 6.13. The van der Waals surface area contributed by atoms with Gasteiger partial charge in [-0.15, -0.1) is 0 Å². The van der Waals surface area contributed by atoms with Gasteiger partial charge in [-0.25, -0.2) is 0 Å². The fraction of sp³-hybridized carbons (Fsp3) is 0.846. The number of carbonyl (C=O) groups excluding carboxylic acids is 1. The standard InChI is InChI=1S/C13H25NO4/c1-7-12(2,3)11(17)13(18,8-10(15)16)9-14(4,5)6/h18H,7-9H2,1-6H3/p+1/t13-/m1/s1. The lowest BCUT2D eigenvalue weighted by molar-refractivity contribution is -0.875. The van der Waals surface area contributed by atoms with Crippen LogP contribution in [0, 0.1) is 5.41 Å². The minimum Gasteiger partial charge on any atom is -0.481 e. The maximum Gasteiger partial charge on any atom is 0.306 e. The zero-order chi connectivity index (χ0) is 14.8. The van der Waals surface area contributed by atoms with Gasteiger partial charge in [-0.1, -0.05) is 20.8 Å². The van der Waals surface area contributed by atoms with E-state index in [0.717, 1.165) is 0 Å². The highest BCUT2D eigenvalue weighted by Crippen LogP contribution is 2.30. The van der Waals surface area contributed by atoms with E-state index in [1.807, 2.05) is 28.1 Å². The van der Waals surface area contributed by atoms with E-state index < -0.39 is 29.2 Å². The summed E-state index contributed by atoms with van der Waals surface area (Å²) in [5, 5.41) is 19.4. The molecule has 0 unspecified atom stereocenters. The maximum atomic E-state index is 12.4. The van der Waals surface area contributed by atoms with E-state index >= 15 is 0 Å². The predicted octanol–water partition coefficient (Wildman–Crippen LogP) is 0.904. The zero-order valence-corrected chi connectivity index (χ0v) is 12.3. The maximum absolute atomic E-state index is 12.4. The van der Waals surface area contributed by atoms with Crippen molar-refractivity contribution in [2.24, 2.45) is 5.41 Å². The fourth-order valence-corrected chi connectivity index (χ4v) is 2.03. The van der Waals surface area contributed by atoms with Gasteiger partial charge in [0.2, 0.25) is 0 Å². The topological polar surface area (TPSA) is 74.6 Å². The third-order valence-corrected chi connectivity index (χ3v) is 3.10. The number of carbonyl (C=O) groups is 2. The lowest BCUT2D eigenvalue weighted by atomic mass is 9.75. The molecule has 0 saturated carbocycles. The highest BCUT2D eigenvalue weighted by Gasteiger charge is 2.48. The number of ketones is 1. The summed E-state index contributed by atoms with van der Waals surface area (Å²) in [7, 11) is 5.46. The van der Waals surface area contributed by atoms with Crippen LogP contribution in [0.1, 0.15) is 33.6 Å². The number of carboxylic acid groups (broad SMARTS) is 1. The number of aliphatic hydroxyl groups is 1. The van der Waals surface area contributed by atoms with Crippen molar-refractivity contribution in [1.29, 1.82) is 0 Å². The molecule has 0 saturated heterocycles. The SMILES string of the molecule is CCC(C)(C)C(=O)[C@@](O)(CC(=O)O)C[N+](C)(C)C. The van der Waals surface area contributed by atoms with E-state index in [0.29, 0.717) is 10.9 Å². The van der Waals surface area contributed by atoms with Gasteiger partial charge in [0, 0.05) is 5.41 Å². The highest BCUT2D eigenvalue weighted by molar-refractivity contribution is 5.94. The summed E-state index contributed by atoms with van der Waals surface area (Å²) in [5.74, 6) is -1.56. The van der Waals surface area contributed by atoms with Crippen LogP contribution in [0.25, 0.3) is 0 Å². The molecule has 0 fully saturated rings. The second-order valence-corrected chi connectivity index (χ2v) is 6.62. The molecular formula is C13H26NO4+. The number of hydrogen-bond acceptors (Lipinski definition) is 3. The molecule has 0 spiro atoms. The molecule has 5 heteroatoms. The minimum absolute atomic E-state index is 0.0849. The Morgan fingerprint density at radius 2 is 1.61 bits per heavy atom. The predicted molar refractivity (Wildman–Crippen MR) is 69.2 cm³/mol. The Morgan fingerprint density at radius 3 is 1.89 bits per heavy atom. The number of hydrogen-bond donors (Lipinski definition) is 2. The molecule has 0 rings (SSSR count). The number of nitrogens with zero attached hydrogens (tertiary/aromatic N) is 1. The molecule has 0 radical (unpaired) electrons. The molecule has 106 valence electrons. The number of aliphatic carboxylic acids is 1. The summed E-state index contributed by atoms with van der Waals surface area (Å²) >= 11 is 0. The van der Waals surface area contributed by atoms with Crippen LogP contribution >= 0.6 is 0 Å². The first kappa shape index (κ1) is 17.1. The third-order valence-electron chi connectivity index (χ3n) is 3.10. The van der Waals surface area contributed by atoms with Gasteiger partial charge < -0.3 is 14.7 Å². The number of likely N-dealkylation sites (N-methyl/N-ethyl adjacent to an activating group) is 1. The normalized spacial score (nSPS) is 16.2. The highest BCUT2D eigenvalue weighted by atomic mass is 16.4. The summed E-state index contributed by atoms with van der Waals surface area (Å²) in [6.07, 6.45) is 0.00961. The smallest absolute Gasteiger partial charge is 0.306 e. The molecule has 0 aliphatic rings. The Balaban J connectivity index is 5.35. The van der Waals surface area contributed by atoms with Crippen molar-refractivity contribution in [2.45, 2.75) is 39.2 Å². The van der Waals surface area contributed by atoms with Crippen molar-refractivity contribution in [1.82, 2.24) is 0 Å². The van der Waals surface area contributed by atoms with Crippen LogP contribution < -0.4 is 0 Å². The van der Waals surface area contributed by atoms with Crippen molar-refractivity contribution in [2.75, 3.05) is 27.7 Å². The van der Waals surface area contributed by atoms with Gasteiger partial charge in [-0.3, -0.25) is 9.59 Å². The lowest BCUT2D eigenvalue weighted by Gasteiger charge is -2.37. The molecule has 0 bridgehead atoms. The quantitative estimate of drug-likeness (QED) is 0.667. The molecule has 18 heavy (non-hydrogen) atoms. The molecule has 0 aliphatic carbocycles. The largest absolute Gasteiger partial charge is 0.481 e. The van der Waals surface area contributed by atoms with Gasteiger partial charge in [-0.05, 0) is 6.42 Å². The zero-order valence-electron chi connectivity index (χ0n) is 12.3. The second-order valence-electron chi connectivity index (χ2n) is 6.62. The Labute approximate surface area is 109 Å². The molecule has 0 aromatic heterocycles. The van der Waals surface area contributed by atoms with Crippen LogP contribution in [0.2, 0.25) is 0 Å². The molecule has 0 aliphatic heterocycles. The van der Waals surface area contributed by atoms with Crippen molar-refractivity contribution in [3.05, 3.63) is 0 Å². The summed E-state index contributed by atoms with van der Waals surface area (Å²) in [4.78, 5) is 23.3. The van der Waals surface area contributed by atoms with E-state index in [1.165, 1.54) is 0 Å². The minimum atomic E-state index is -1.82. The van der Waals surface area contributed by atoms with Crippen LogP contribution in [0.5, 0.6) is 0 Å². The van der Waals surface area contributed by atoms with Gasteiger partial charge in [0.05, 0.1) is 27.6 Å². The molecular weight excluding hydrogens is 234 g/mol. The van der Waals surface area contributed by atoms with Gasteiger partial charge in [0.15, 0.2) is 11.4 Å². The van der Waals surface area contributed by atoms with E-state index in [9.17, 15) is 14.7 Å². The Morgan fingerprint density at radius 1 is 1.17 bits per heavy atom. The molecule has 0 aromatic rings. The summed E-state index contributed by atoms with van der Waals surface area (Å²) < 4.78 is 0.329. The number of Topliss-reactive ketones (excluding diaryl/α,β-unsaturated/α-hetero) is 1. The van der Waals surface area contributed by atoms with Crippen LogP contribution in [0.3, 0.4) is 0 Å². The van der Waals surface area contributed by atoms with Crippen molar-refractivity contribution in [3.8, 4) is 0 Å². The van der Waals surface area contributed by atoms with Gasteiger partial charge in [0.25, 0.3) is 0 Å². The van der Waals surface area contributed by atoms with Crippen molar-refractivity contribution in [3.63, 3.8) is 0 Å². The van der Waals surface area contributed by atoms with Crippen molar-refractivity contribution >= 4 is 11.8 Å². The van der Waals surface area contributed by atoms with Crippen LogP contribution in [-0.4, -0.2) is 59.7 Å². The molecule has 0 heterocycles. The van der Waals surface area contributed by atoms with E-state index in [2.05, 4.69) is 0 Å². The molecule has 1 atom stereocenters. The van der Waals surface area contributed by atoms with Gasteiger partial charge in [-0.2, -0.15) is 0 Å². The second kappa shape index (κ2) is 5.36. The third kappa shape index (κ3) is 4.74. The lowest BCUT2D eigenvalue weighted by Crippen LogP contribution is -2.58. The summed E-state index contributed by atoms with van der Waals surface area (Å²) in [6, 6.07) is 0. The summed E-state index contributed by atoms with van der Waals surface area (Å²) in [5.41, 5.74) is -2.54. The van der Waals surface area contributed by atoms with Gasteiger partial charge in [0.1, 0.15) is 6.54 Å². The first-order chi connectivity index (χ1) is 7.84. The number of rotatable bonds is 7. The average molecular weight is 260 g/mol. The van der Waals surface area contributed by atoms with E-state index in [-0.39, 0.29) is 6.54 Å². The van der Waals surface area contributed by atoms with Gasteiger partial charge >= 0.3 is 5.97 Å². The Hall–Kier alpha value is -0.940. The monoisotopic (exact) mass is 260 g/mol. The summed E-state index contributed by atoms with van der Waals surface area (Å²) in [6.45, 7) is 5.40. The van der Waals surface area contributed by atoms with E-state index in [4.69, 9.17) is 5.11 Å². The van der Waals surface area contributed by atoms with Crippen molar-refractivity contribution < 1.29 is 24.3 Å². The van der Waals surface area contributed by atoms with E-state index in [1.54, 1.807) is 13.8 Å². The first-order valence-electron chi connectivity index (χ1n) is 6.13. The Kier molecular flexibility index (Phi) is 5.08. The van der Waals surface area contributed by atoms with Crippen LogP contribution in [0.15, 0.2) is 0 Å². The van der Waals surface area contributed by atoms with Crippen LogP contribution in [-0.2, 0) is 9.59 Å². The molecule has 0 aromatic carbocycles.